The summed E-state index contributed by atoms with van der Waals surface area (Å²) in [6.07, 6.45) is 18.4. The summed E-state index contributed by atoms with van der Waals surface area (Å²) in [6.45, 7) is 14.9. The van der Waals surface area contributed by atoms with Crippen LogP contribution in [0.2, 0.25) is 0 Å². The second-order valence-electron chi connectivity index (χ2n) is 12.1. The van der Waals surface area contributed by atoms with Crippen molar-refractivity contribution in [3.63, 3.8) is 0 Å². The predicted molar refractivity (Wildman–Crippen MR) is 122 cm³/mol. The Bertz CT molecular complexity index is 647. The second kappa shape index (κ2) is 7.63. The molecule has 28 heavy (non-hydrogen) atoms. The summed E-state index contributed by atoms with van der Waals surface area (Å²) < 4.78 is 0. The highest BCUT2D eigenvalue weighted by Crippen LogP contribution is 2.66. The van der Waals surface area contributed by atoms with Gasteiger partial charge in [-0.2, -0.15) is 0 Å². The third-order valence-corrected chi connectivity index (χ3v) is 10.2. The van der Waals surface area contributed by atoms with Crippen molar-refractivity contribution in [1.82, 2.24) is 0 Å². The molecule has 1 unspecified atom stereocenters. The van der Waals surface area contributed by atoms with Gasteiger partial charge in [-0.05, 0) is 125 Å². The van der Waals surface area contributed by atoms with E-state index in [1.165, 1.54) is 76.2 Å². The minimum atomic E-state index is 0.564. The Balaban J connectivity index is 1.55. The van der Waals surface area contributed by atoms with Gasteiger partial charge in [-0.15, -0.1) is 0 Å². The highest BCUT2D eigenvalue weighted by molar-refractivity contribution is 5.34. The number of rotatable bonds is 4. The third-order valence-electron chi connectivity index (χ3n) is 10.2. The van der Waals surface area contributed by atoms with Gasteiger partial charge < -0.3 is 0 Å². The molecule has 4 rings (SSSR count). The van der Waals surface area contributed by atoms with Crippen LogP contribution in [-0.2, 0) is 0 Å². The SMILES string of the molecule is CC(C)=CCC[C@@H](C)[C@H]1CC[C@H]2C3=C(CC[C@]12C)[C@@]1(C)CC[C@H](C)CC1CC3. The first-order valence-corrected chi connectivity index (χ1v) is 12.6. The first-order chi connectivity index (χ1) is 13.3. The van der Waals surface area contributed by atoms with Crippen molar-refractivity contribution in [3.8, 4) is 0 Å². The largest absolute Gasteiger partial charge is 0.0859 e. The summed E-state index contributed by atoms with van der Waals surface area (Å²) in [4.78, 5) is 0. The molecule has 0 aromatic rings. The van der Waals surface area contributed by atoms with Crippen LogP contribution in [0.1, 0.15) is 112 Å². The molecule has 0 N–H and O–H groups in total. The topological polar surface area (TPSA) is 0 Å². The molecule has 0 amide bonds. The molecule has 0 aromatic carbocycles. The minimum Gasteiger partial charge on any atom is -0.0859 e. The maximum Gasteiger partial charge on any atom is -0.00850 e. The molecule has 0 saturated heterocycles. The highest BCUT2D eigenvalue weighted by atomic mass is 14.6. The van der Waals surface area contributed by atoms with Crippen LogP contribution < -0.4 is 0 Å². The van der Waals surface area contributed by atoms with E-state index in [4.69, 9.17) is 0 Å². The summed E-state index contributed by atoms with van der Waals surface area (Å²) in [5.74, 6) is 4.71. The van der Waals surface area contributed by atoms with E-state index in [0.29, 0.717) is 10.8 Å². The number of fused-ring (bicyclic) bond motifs is 4. The van der Waals surface area contributed by atoms with Gasteiger partial charge in [0.1, 0.15) is 0 Å². The second-order valence-corrected chi connectivity index (χ2v) is 12.1. The van der Waals surface area contributed by atoms with Gasteiger partial charge in [0.25, 0.3) is 0 Å². The molecule has 0 nitrogen and oxygen atoms in total. The lowest BCUT2D eigenvalue weighted by Crippen LogP contribution is -2.44. The molecule has 2 saturated carbocycles. The zero-order valence-corrected chi connectivity index (χ0v) is 19.7. The van der Waals surface area contributed by atoms with Crippen LogP contribution in [-0.4, -0.2) is 0 Å². The zero-order chi connectivity index (χ0) is 20.1. The Morgan fingerprint density at radius 3 is 2.61 bits per heavy atom. The fourth-order valence-electron chi connectivity index (χ4n) is 8.49. The van der Waals surface area contributed by atoms with Gasteiger partial charge >= 0.3 is 0 Å². The quantitative estimate of drug-likeness (QED) is 0.426. The summed E-state index contributed by atoms with van der Waals surface area (Å²) >= 11 is 0. The average Bonchev–Trinajstić information content (AvgIpc) is 2.99. The Kier molecular flexibility index (Phi) is 5.65. The number of hydrogen-bond acceptors (Lipinski definition) is 0. The van der Waals surface area contributed by atoms with Crippen LogP contribution in [0.5, 0.6) is 0 Å². The molecular formula is C28H46. The average molecular weight is 383 g/mol. The lowest BCUT2D eigenvalue weighted by molar-refractivity contribution is 0.0555. The minimum absolute atomic E-state index is 0.564. The van der Waals surface area contributed by atoms with Crippen molar-refractivity contribution >= 4 is 0 Å². The molecular weight excluding hydrogens is 336 g/mol. The standard InChI is InChI=1S/C28H46/c1-19(2)8-7-9-21(4)24-12-13-25-23-11-10-22-18-20(3)14-16-27(22,5)26(23)15-17-28(24,25)6/h8,20-22,24-25H,7,9-18H2,1-6H3/t20-,21+,22?,24+,25-,27-,28+/m0/s1. The van der Waals surface area contributed by atoms with Gasteiger partial charge in [-0.3, -0.25) is 0 Å². The van der Waals surface area contributed by atoms with Crippen LogP contribution in [0, 0.1) is 40.4 Å². The highest BCUT2D eigenvalue weighted by Gasteiger charge is 2.55. The fourth-order valence-corrected chi connectivity index (χ4v) is 8.49. The lowest BCUT2D eigenvalue weighted by Gasteiger charge is -2.55. The summed E-state index contributed by atoms with van der Waals surface area (Å²) in [7, 11) is 0. The summed E-state index contributed by atoms with van der Waals surface area (Å²) in [5, 5.41) is 0. The van der Waals surface area contributed by atoms with Crippen LogP contribution in [0.4, 0.5) is 0 Å². The molecule has 0 heterocycles. The van der Waals surface area contributed by atoms with Crippen molar-refractivity contribution in [3.05, 3.63) is 22.8 Å². The van der Waals surface area contributed by atoms with Crippen molar-refractivity contribution in [1.29, 1.82) is 0 Å². The molecule has 7 atom stereocenters. The smallest absolute Gasteiger partial charge is 0.00850 e. The van der Waals surface area contributed by atoms with Crippen molar-refractivity contribution in [2.75, 3.05) is 0 Å². The van der Waals surface area contributed by atoms with E-state index in [0.717, 1.165) is 29.6 Å². The molecule has 2 fully saturated rings. The van der Waals surface area contributed by atoms with Gasteiger partial charge in [0.05, 0.1) is 0 Å². The number of hydrogen-bond donors (Lipinski definition) is 0. The Hall–Kier alpha value is -0.520. The van der Waals surface area contributed by atoms with Gasteiger partial charge in [-0.1, -0.05) is 50.5 Å². The number of allylic oxidation sites excluding steroid dienone is 4. The molecule has 0 radical (unpaired) electrons. The molecule has 4 aliphatic carbocycles. The molecule has 0 spiro atoms. The first-order valence-electron chi connectivity index (χ1n) is 12.6. The monoisotopic (exact) mass is 382 g/mol. The fraction of sp³-hybridized carbons (Fsp3) is 0.857. The van der Waals surface area contributed by atoms with Gasteiger partial charge in [0.15, 0.2) is 0 Å². The van der Waals surface area contributed by atoms with E-state index in [9.17, 15) is 0 Å². The van der Waals surface area contributed by atoms with E-state index >= 15 is 0 Å². The normalized spacial score (nSPS) is 43.8. The van der Waals surface area contributed by atoms with E-state index in [2.05, 4.69) is 47.6 Å². The Morgan fingerprint density at radius 1 is 1.07 bits per heavy atom. The zero-order valence-electron chi connectivity index (χ0n) is 19.7. The van der Waals surface area contributed by atoms with Crippen LogP contribution >= 0.6 is 0 Å². The van der Waals surface area contributed by atoms with Crippen molar-refractivity contribution in [2.24, 2.45) is 40.4 Å². The maximum atomic E-state index is 2.70. The molecule has 0 aliphatic heterocycles. The summed E-state index contributed by atoms with van der Waals surface area (Å²) in [5.41, 5.74) is 6.61. The Labute approximate surface area is 175 Å². The molecule has 0 heteroatoms. The van der Waals surface area contributed by atoms with Gasteiger partial charge in [0.2, 0.25) is 0 Å². The van der Waals surface area contributed by atoms with Gasteiger partial charge in [-0.25, -0.2) is 0 Å². The molecule has 0 aromatic heterocycles. The predicted octanol–water partition coefficient (Wildman–Crippen LogP) is 8.73. The summed E-state index contributed by atoms with van der Waals surface area (Å²) in [6, 6.07) is 0. The Morgan fingerprint density at radius 2 is 1.86 bits per heavy atom. The molecule has 158 valence electrons. The molecule has 0 bridgehead atoms. The van der Waals surface area contributed by atoms with E-state index in [-0.39, 0.29) is 0 Å². The van der Waals surface area contributed by atoms with E-state index in [1.807, 2.05) is 11.1 Å². The maximum absolute atomic E-state index is 2.70. The van der Waals surface area contributed by atoms with E-state index < -0.39 is 0 Å². The van der Waals surface area contributed by atoms with Crippen LogP contribution in [0.3, 0.4) is 0 Å². The van der Waals surface area contributed by atoms with Gasteiger partial charge in [0, 0.05) is 0 Å². The van der Waals surface area contributed by atoms with E-state index in [1.54, 1.807) is 0 Å². The van der Waals surface area contributed by atoms with Crippen molar-refractivity contribution in [2.45, 2.75) is 112 Å². The van der Waals surface area contributed by atoms with Crippen LogP contribution in [0.15, 0.2) is 22.8 Å². The third kappa shape index (κ3) is 3.35. The van der Waals surface area contributed by atoms with Crippen LogP contribution in [0.25, 0.3) is 0 Å². The molecule has 4 aliphatic rings. The van der Waals surface area contributed by atoms with Crippen molar-refractivity contribution < 1.29 is 0 Å². The first kappa shape index (κ1) is 20.7. The lowest BCUT2D eigenvalue weighted by atomic mass is 9.50.